The average Bonchev–Trinajstić information content (AvgIpc) is 3.32. The summed E-state index contributed by atoms with van der Waals surface area (Å²) < 4.78 is 16.6. The Balaban J connectivity index is 1.36. The molecule has 1 aliphatic rings. The molecule has 1 aromatic heterocycles. The Labute approximate surface area is 163 Å². The van der Waals surface area contributed by atoms with Gasteiger partial charge in [-0.1, -0.05) is 18.2 Å². The Morgan fingerprint density at radius 1 is 1.18 bits per heavy atom. The maximum atomic E-state index is 12.5. The van der Waals surface area contributed by atoms with Crippen molar-refractivity contribution in [1.29, 1.82) is 0 Å². The van der Waals surface area contributed by atoms with E-state index >= 15 is 0 Å². The second kappa shape index (κ2) is 7.86. The Hall–Kier alpha value is -3.12. The van der Waals surface area contributed by atoms with E-state index in [1.54, 1.807) is 12.0 Å². The SMILES string of the molecule is COc1ccc(-c2nc(COCC(=O)N3CCc4ccccc43)c(C)o2)cc1. The van der Waals surface area contributed by atoms with Crippen molar-refractivity contribution < 1.29 is 18.7 Å². The van der Waals surface area contributed by atoms with Crippen LogP contribution in [0.4, 0.5) is 5.69 Å². The highest BCUT2D eigenvalue weighted by molar-refractivity contribution is 5.96. The first-order valence-electron chi connectivity index (χ1n) is 9.22. The van der Waals surface area contributed by atoms with Gasteiger partial charge in [0.2, 0.25) is 5.89 Å². The largest absolute Gasteiger partial charge is 0.497 e. The summed E-state index contributed by atoms with van der Waals surface area (Å²) in [5, 5.41) is 0. The molecule has 0 radical (unpaired) electrons. The lowest BCUT2D eigenvalue weighted by atomic mass is 10.2. The number of rotatable bonds is 6. The maximum absolute atomic E-state index is 12.5. The van der Waals surface area contributed by atoms with Crippen molar-refractivity contribution in [2.75, 3.05) is 25.2 Å². The zero-order chi connectivity index (χ0) is 19.5. The number of oxazole rings is 1. The van der Waals surface area contributed by atoms with Crippen molar-refractivity contribution in [2.24, 2.45) is 0 Å². The lowest BCUT2D eigenvalue weighted by Crippen LogP contribution is -2.32. The molecule has 0 spiro atoms. The van der Waals surface area contributed by atoms with Crippen LogP contribution < -0.4 is 9.64 Å². The Morgan fingerprint density at radius 2 is 1.96 bits per heavy atom. The van der Waals surface area contributed by atoms with Crippen LogP contribution in [0.3, 0.4) is 0 Å². The van der Waals surface area contributed by atoms with Crippen molar-refractivity contribution in [3.8, 4) is 17.2 Å². The molecule has 3 aromatic rings. The van der Waals surface area contributed by atoms with Gasteiger partial charge in [0.1, 0.15) is 23.8 Å². The highest BCUT2D eigenvalue weighted by Crippen LogP contribution is 2.28. The lowest BCUT2D eigenvalue weighted by molar-refractivity contribution is -0.123. The molecule has 0 saturated heterocycles. The number of nitrogens with zero attached hydrogens (tertiary/aromatic N) is 2. The number of benzene rings is 2. The predicted octanol–water partition coefficient (Wildman–Crippen LogP) is 3.76. The quantitative estimate of drug-likeness (QED) is 0.653. The summed E-state index contributed by atoms with van der Waals surface area (Å²) in [5.74, 6) is 1.95. The highest BCUT2D eigenvalue weighted by atomic mass is 16.5. The molecule has 0 atom stereocenters. The first-order chi connectivity index (χ1) is 13.7. The number of methoxy groups -OCH3 is 1. The number of fused-ring (bicyclic) bond motifs is 1. The number of hydrogen-bond acceptors (Lipinski definition) is 5. The summed E-state index contributed by atoms with van der Waals surface area (Å²) in [4.78, 5) is 18.8. The first-order valence-corrected chi connectivity index (χ1v) is 9.22. The Morgan fingerprint density at radius 3 is 2.75 bits per heavy atom. The molecule has 6 nitrogen and oxygen atoms in total. The molecule has 2 heterocycles. The minimum atomic E-state index is -0.0403. The molecule has 0 fully saturated rings. The number of ether oxygens (including phenoxy) is 2. The lowest BCUT2D eigenvalue weighted by Gasteiger charge is -2.17. The molecule has 0 unspecified atom stereocenters. The zero-order valence-corrected chi connectivity index (χ0v) is 16.0. The topological polar surface area (TPSA) is 64.8 Å². The van der Waals surface area contributed by atoms with Gasteiger partial charge >= 0.3 is 0 Å². The molecular weight excluding hydrogens is 356 g/mol. The number of amides is 1. The fourth-order valence-corrected chi connectivity index (χ4v) is 3.33. The summed E-state index contributed by atoms with van der Waals surface area (Å²) in [6.07, 6.45) is 0.884. The van der Waals surface area contributed by atoms with Gasteiger partial charge in [0.05, 0.1) is 13.7 Å². The van der Waals surface area contributed by atoms with E-state index in [1.807, 2.05) is 49.4 Å². The summed E-state index contributed by atoms with van der Waals surface area (Å²) in [6, 6.07) is 15.5. The molecular formula is C22H22N2O4. The maximum Gasteiger partial charge on any atom is 0.253 e. The molecule has 0 saturated carbocycles. The zero-order valence-electron chi connectivity index (χ0n) is 16.0. The molecule has 6 heteroatoms. The van der Waals surface area contributed by atoms with Crippen molar-refractivity contribution >= 4 is 11.6 Å². The fourth-order valence-electron chi connectivity index (χ4n) is 3.33. The van der Waals surface area contributed by atoms with Crippen molar-refractivity contribution in [3.63, 3.8) is 0 Å². The molecule has 1 amide bonds. The van der Waals surface area contributed by atoms with E-state index in [4.69, 9.17) is 13.9 Å². The normalized spacial score (nSPS) is 12.9. The summed E-state index contributed by atoms with van der Waals surface area (Å²) in [5.41, 5.74) is 3.74. The number of aryl methyl sites for hydroxylation is 1. The van der Waals surface area contributed by atoms with E-state index in [1.165, 1.54) is 5.56 Å². The van der Waals surface area contributed by atoms with Gasteiger partial charge in [-0.3, -0.25) is 4.79 Å². The molecule has 0 aliphatic carbocycles. The Bertz CT molecular complexity index is 978. The number of carbonyl (C=O) groups is 1. The molecule has 4 rings (SSSR count). The van der Waals surface area contributed by atoms with Gasteiger partial charge in [-0.2, -0.15) is 0 Å². The minimum Gasteiger partial charge on any atom is -0.497 e. The van der Waals surface area contributed by atoms with E-state index in [2.05, 4.69) is 11.1 Å². The van der Waals surface area contributed by atoms with E-state index in [9.17, 15) is 4.79 Å². The molecule has 1 aliphatic heterocycles. The molecule has 28 heavy (non-hydrogen) atoms. The second-order valence-corrected chi connectivity index (χ2v) is 6.67. The van der Waals surface area contributed by atoms with Gasteiger partial charge in [0.15, 0.2) is 0 Å². The monoisotopic (exact) mass is 378 g/mol. The number of hydrogen-bond donors (Lipinski definition) is 0. The smallest absolute Gasteiger partial charge is 0.253 e. The summed E-state index contributed by atoms with van der Waals surface area (Å²) >= 11 is 0. The number of carbonyl (C=O) groups excluding carboxylic acids is 1. The highest BCUT2D eigenvalue weighted by Gasteiger charge is 2.24. The second-order valence-electron chi connectivity index (χ2n) is 6.67. The number of para-hydroxylation sites is 1. The third-order valence-corrected chi connectivity index (χ3v) is 4.88. The Kier molecular flexibility index (Phi) is 5.12. The van der Waals surface area contributed by atoms with Crippen molar-refractivity contribution in [2.45, 2.75) is 20.0 Å². The number of anilines is 1. The third kappa shape index (κ3) is 3.64. The molecule has 2 aromatic carbocycles. The van der Waals surface area contributed by atoms with Gasteiger partial charge in [-0.25, -0.2) is 4.98 Å². The molecule has 0 bridgehead atoms. The molecule has 0 N–H and O–H groups in total. The van der Waals surface area contributed by atoms with E-state index in [0.717, 1.165) is 23.4 Å². The van der Waals surface area contributed by atoms with Gasteiger partial charge in [-0.05, 0) is 49.2 Å². The van der Waals surface area contributed by atoms with Gasteiger partial charge in [0.25, 0.3) is 5.91 Å². The van der Waals surface area contributed by atoms with Crippen molar-refractivity contribution in [3.05, 3.63) is 65.5 Å². The van der Waals surface area contributed by atoms with Crippen molar-refractivity contribution in [1.82, 2.24) is 4.98 Å². The van der Waals surface area contributed by atoms with Crippen LogP contribution in [0.25, 0.3) is 11.5 Å². The summed E-state index contributed by atoms with van der Waals surface area (Å²) in [6.45, 7) is 2.79. The van der Waals surface area contributed by atoms with E-state index in [0.29, 0.717) is 23.9 Å². The molecule has 144 valence electrons. The van der Waals surface area contributed by atoms with Crippen LogP contribution >= 0.6 is 0 Å². The van der Waals surface area contributed by atoms with Crippen LogP contribution in [0, 0.1) is 6.92 Å². The van der Waals surface area contributed by atoms with Crippen LogP contribution in [0.2, 0.25) is 0 Å². The first kappa shape index (κ1) is 18.3. The average molecular weight is 378 g/mol. The van der Waals surface area contributed by atoms with Gasteiger partial charge in [-0.15, -0.1) is 0 Å². The van der Waals surface area contributed by atoms with Crippen LogP contribution in [-0.2, 0) is 22.6 Å². The van der Waals surface area contributed by atoms with Crippen LogP contribution in [0.5, 0.6) is 5.75 Å². The van der Waals surface area contributed by atoms with E-state index < -0.39 is 0 Å². The van der Waals surface area contributed by atoms with Crippen LogP contribution in [-0.4, -0.2) is 31.2 Å². The van der Waals surface area contributed by atoms with Gasteiger partial charge in [0, 0.05) is 17.8 Å². The minimum absolute atomic E-state index is 0.0124. The van der Waals surface area contributed by atoms with Gasteiger partial charge < -0.3 is 18.8 Å². The van der Waals surface area contributed by atoms with Crippen LogP contribution in [0.15, 0.2) is 52.9 Å². The predicted molar refractivity (Wildman–Crippen MR) is 105 cm³/mol. The van der Waals surface area contributed by atoms with E-state index in [-0.39, 0.29) is 19.1 Å². The fraction of sp³-hybridized carbons (Fsp3) is 0.273. The van der Waals surface area contributed by atoms with Crippen LogP contribution in [0.1, 0.15) is 17.0 Å². The summed E-state index contributed by atoms with van der Waals surface area (Å²) in [7, 11) is 1.63. The number of aromatic nitrogens is 1. The third-order valence-electron chi connectivity index (χ3n) is 4.88. The standard InChI is InChI=1S/C22H22N2O4/c1-15-19(23-22(28-15)17-7-9-18(26-2)10-8-17)13-27-14-21(25)24-12-11-16-5-3-4-6-20(16)24/h3-10H,11-14H2,1-2H3.